The molecule has 0 saturated heterocycles. The van der Waals surface area contributed by atoms with Crippen LogP contribution in [0.2, 0.25) is 0 Å². The van der Waals surface area contributed by atoms with E-state index in [1.807, 2.05) is 18.5 Å². The second-order valence-corrected chi connectivity index (χ2v) is 8.51. The Bertz CT molecular complexity index is 832. The van der Waals surface area contributed by atoms with E-state index < -0.39 is 0 Å². The van der Waals surface area contributed by atoms with Gasteiger partial charge in [0.25, 0.3) is 5.91 Å². The van der Waals surface area contributed by atoms with Crippen molar-refractivity contribution in [2.45, 2.75) is 57.7 Å². The van der Waals surface area contributed by atoms with E-state index in [-0.39, 0.29) is 11.9 Å². The molecule has 2 N–H and O–H groups in total. The molecule has 2 aromatic rings. The summed E-state index contributed by atoms with van der Waals surface area (Å²) in [5.41, 5.74) is 2.82. The average molecular weight is 411 g/mol. The molecule has 0 spiro atoms. The largest absolute Gasteiger partial charge is 0.378 e. The second-order valence-electron chi connectivity index (χ2n) is 8.51. The number of carbonyl (C=O) groups excluding carboxylic acids is 1. The molecule has 0 radical (unpaired) electrons. The molecule has 7 heteroatoms. The van der Waals surface area contributed by atoms with E-state index >= 15 is 0 Å². The summed E-state index contributed by atoms with van der Waals surface area (Å²) in [6.45, 7) is 4.74. The first-order chi connectivity index (χ1) is 14.4. The maximum Gasteiger partial charge on any atom is 0.273 e. The third-order valence-electron chi connectivity index (χ3n) is 5.48. The number of nitrogens with zero attached hydrogens (tertiary/aromatic N) is 4. The van der Waals surface area contributed by atoms with Crippen molar-refractivity contribution < 1.29 is 4.79 Å². The predicted octanol–water partition coefficient (Wildman–Crippen LogP) is 3.27. The number of hydrogen-bond acceptors (Lipinski definition) is 5. The third-order valence-corrected chi connectivity index (χ3v) is 5.48. The van der Waals surface area contributed by atoms with Crippen LogP contribution in [0.4, 0.5) is 5.69 Å². The minimum atomic E-state index is -0.158. The van der Waals surface area contributed by atoms with Crippen LogP contribution in [0.5, 0.6) is 0 Å². The standard InChI is InChI=1S/C23H34N6O/c1-17(2)25-23(30)22-16-29(27-26-22)21-13-9-19(10-14-21)24-15-5-6-18-7-11-20(12-8-18)28(3)4/h5-8,11-12,16-17,19,21,24H,9-10,13-15H2,1-4H3,(H,25,30)/b6-5+. The first-order valence-corrected chi connectivity index (χ1v) is 10.8. The van der Waals surface area contributed by atoms with E-state index in [1.54, 1.807) is 6.20 Å². The first-order valence-electron chi connectivity index (χ1n) is 10.8. The number of aromatic nitrogens is 3. The van der Waals surface area contributed by atoms with Crippen LogP contribution in [0.25, 0.3) is 6.08 Å². The quantitative estimate of drug-likeness (QED) is 0.699. The van der Waals surface area contributed by atoms with Crippen LogP contribution in [0.3, 0.4) is 0 Å². The molecule has 1 heterocycles. The lowest BCUT2D eigenvalue weighted by atomic mass is 9.91. The van der Waals surface area contributed by atoms with Gasteiger partial charge in [0.05, 0.1) is 12.2 Å². The van der Waals surface area contributed by atoms with Gasteiger partial charge in [0.2, 0.25) is 0 Å². The van der Waals surface area contributed by atoms with Crippen LogP contribution in [-0.2, 0) is 0 Å². The SMILES string of the molecule is CC(C)NC(=O)c1cn(C2CCC(NC/C=C/c3ccc(N(C)C)cc3)CC2)nn1. The number of anilines is 1. The zero-order valence-corrected chi connectivity index (χ0v) is 18.5. The lowest BCUT2D eigenvalue weighted by molar-refractivity contribution is 0.0938. The fraction of sp³-hybridized carbons (Fsp3) is 0.522. The fourth-order valence-corrected chi connectivity index (χ4v) is 3.75. The van der Waals surface area contributed by atoms with Gasteiger partial charge in [-0.1, -0.05) is 29.5 Å². The normalized spacial score (nSPS) is 19.4. The molecular formula is C23H34N6O. The maximum atomic E-state index is 12.1. The van der Waals surface area contributed by atoms with Gasteiger partial charge in [0.15, 0.2) is 5.69 Å². The van der Waals surface area contributed by atoms with E-state index in [1.165, 1.54) is 11.3 Å². The van der Waals surface area contributed by atoms with Gasteiger partial charge in [0, 0.05) is 38.4 Å². The summed E-state index contributed by atoms with van der Waals surface area (Å²) in [7, 11) is 4.10. The Labute approximate surface area is 179 Å². The van der Waals surface area contributed by atoms with Crippen LogP contribution in [0, 0.1) is 0 Å². The molecule has 1 saturated carbocycles. The molecule has 1 fully saturated rings. The molecule has 30 heavy (non-hydrogen) atoms. The Morgan fingerprint density at radius 1 is 1.20 bits per heavy atom. The lowest BCUT2D eigenvalue weighted by Gasteiger charge is -2.28. The highest BCUT2D eigenvalue weighted by molar-refractivity contribution is 5.91. The van der Waals surface area contributed by atoms with Crippen molar-refractivity contribution >= 4 is 17.7 Å². The van der Waals surface area contributed by atoms with E-state index in [9.17, 15) is 4.79 Å². The molecule has 162 valence electrons. The van der Waals surface area contributed by atoms with Crippen LogP contribution in [-0.4, -0.2) is 53.6 Å². The molecule has 0 bridgehead atoms. The molecule has 1 aromatic carbocycles. The topological polar surface area (TPSA) is 75.1 Å². The number of amides is 1. The minimum absolute atomic E-state index is 0.0932. The van der Waals surface area contributed by atoms with Gasteiger partial charge >= 0.3 is 0 Å². The molecule has 0 atom stereocenters. The maximum absolute atomic E-state index is 12.1. The van der Waals surface area contributed by atoms with Crippen molar-refractivity contribution in [1.29, 1.82) is 0 Å². The molecule has 3 rings (SSSR count). The summed E-state index contributed by atoms with van der Waals surface area (Å²) >= 11 is 0. The summed E-state index contributed by atoms with van der Waals surface area (Å²) in [5.74, 6) is -0.158. The Morgan fingerprint density at radius 3 is 2.53 bits per heavy atom. The molecule has 0 aliphatic heterocycles. The van der Waals surface area contributed by atoms with Gasteiger partial charge in [-0.05, 0) is 57.2 Å². The van der Waals surface area contributed by atoms with Crippen LogP contribution in [0.1, 0.15) is 61.6 Å². The summed E-state index contributed by atoms with van der Waals surface area (Å²) in [4.78, 5) is 14.2. The molecule has 0 unspecified atom stereocenters. The zero-order valence-electron chi connectivity index (χ0n) is 18.5. The summed E-state index contributed by atoms with van der Waals surface area (Å²) < 4.78 is 1.86. The van der Waals surface area contributed by atoms with Gasteiger partial charge < -0.3 is 15.5 Å². The van der Waals surface area contributed by atoms with E-state index in [0.29, 0.717) is 17.8 Å². The average Bonchev–Trinajstić information content (AvgIpc) is 3.22. The van der Waals surface area contributed by atoms with Gasteiger partial charge in [-0.2, -0.15) is 0 Å². The van der Waals surface area contributed by atoms with Crippen molar-refractivity contribution in [3.8, 4) is 0 Å². The Balaban J connectivity index is 1.40. The smallest absolute Gasteiger partial charge is 0.273 e. The van der Waals surface area contributed by atoms with Crippen molar-refractivity contribution in [2.24, 2.45) is 0 Å². The third kappa shape index (κ3) is 6.16. The lowest BCUT2D eigenvalue weighted by Crippen LogP contribution is -2.34. The van der Waals surface area contributed by atoms with Crippen LogP contribution in [0.15, 0.2) is 36.5 Å². The van der Waals surface area contributed by atoms with E-state index in [4.69, 9.17) is 0 Å². The molecule has 1 aliphatic carbocycles. The summed E-state index contributed by atoms with van der Waals surface area (Å²) in [6.07, 6.45) is 10.4. The van der Waals surface area contributed by atoms with Crippen molar-refractivity contribution in [3.05, 3.63) is 47.8 Å². The Kier molecular flexibility index (Phi) is 7.63. The molecule has 7 nitrogen and oxygen atoms in total. The summed E-state index contributed by atoms with van der Waals surface area (Å²) in [6, 6.07) is 9.49. The minimum Gasteiger partial charge on any atom is -0.378 e. The monoisotopic (exact) mass is 410 g/mol. The van der Waals surface area contributed by atoms with Crippen LogP contribution < -0.4 is 15.5 Å². The van der Waals surface area contributed by atoms with Gasteiger partial charge in [-0.25, -0.2) is 4.68 Å². The molecule has 1 aromatic heterocycles. The number of carbonyl (C=O) groups is 1. The van der Waals surface area contributed by atoms with Crippen LogP contribution >= 0.6 is 0 Å². The molecule has 1 amide bonds. The van der Waals surface area contributed by atoms with Gasteiger partial charge in [-0.15, -0.1) is 5.10 Å². The Morgan fingerprint density at radius 2 is 1.90 bits per heavy atom. The highest BCUT2D eigenvalue weighted by atomic mass is 16.2. The zero-order chi connectivity index (χ0) is 21.5. The van der Waals surface area contributed by atoms with E-state index in [0.717, 1.165) is 32.2 Å². The number of nitrogens with one attached hydrogen (secondary N) is 2. The predicted molar refractivity (Wildman–Crippen MR) is 122 cm³/mol. The summed E-state index contributed by atoms with van der Waals surface area (Å²) in [5, 5.41) is 14.7. The van der Waals surface area contributed by atoms with Crippen molar-refractivity contribution in [3.63, 3.8) is 0 Å². The Hall–Kier alpha value is -2.67. The second kappa shape index (κ2) is 10.4. The van der Waals surface area contributed by atoms with Gasteiger partial charge in [0.1, 0.15) is 0 Å². The van der Waals surface area contributed by atoms with Crippen molar-refractivity contribution in [1.82, 2.24) is 25.6 Å². The highest BCUT2D eigenvalue weighted by Gasteiger charge is 2.23. The number of hydrogen-bond donors (Lipinski definition) is 2. The number of rotatable bonds is 8. The molecular weight excluding hydrogens is 376 g/mol. The van der Waals surface area contributed by atoms with E-state index in [2.05, 4.69) is 76.4 Å². The molecule has 1 aliphatic rings. The van der Waals surface area contributed by atoms with Gasteiger partial charge in [-0.3, -0.25) is 4.79 Å². The first kappa shape index (κ1) is 22.0. The van der Waals surface area contributed by atoms with Crippen molar-refractivity contribution in [2.75, 3.05) is 25.5 Å². The fourth-order valence-electron chi connectivity index (χ4n) is 3.75. The number of benzene rings is 1. The highest BCUT2D eigenvalue weighted by Crippen LogP contribution is 2.27.